The van der Waals surface area contributed by atoms with Crippen molar-refractivity contribution in [1.29, 1.82) is 0 Å². The average molecular weight is 276 g/mol. The van der Waals surface area contributed by atoms with Crippen LogP contribution in [-0.2, 0) is 6.61 Å². The Morgan fingerprint density at radius 3 is 2.80 bits per heavy atom. The second-order valence-corrected chi connectivity index (χ2v) is 4.43. The molecule has 0 aliphatic heterocycles. The number of benzene rings is 1. The fraction of sp³-hybridized carbons (Fsp3) is 0.267. The zero-order valence-corrected chi connectivity index (χ0v) is 11.5. The first kappa shape index (κ1) is 14.3. The van der Waals surface area contributed by atoms with Crippen molar-refractivity contribution in [3.05, 3.63) is 53.5 Å². The molecule has 2 N–H and O–H groups in total. The maximum absolute atomic E-state index is 13.3. The van der Waals surface area contributed by atoms with Gasteiger partial charge in [0.2, 0.25) is 5.88 Å². The van der Waals surface area contributed by atoms with Gasteiger partial charge in [-0.1, -0.05) is 12.1 Å². The zero-order chi connectivity index (χ0) is 14.5. The van der Waals surface area contributed by atoms with E-state index < -0.39 is 0 Å². The Labute approximate surface area is 117 Å². The second-order valence-electron chi connectivity index (χ2n) is 4.43. The summed E-state index contributed by atoms with van der Waals surface area (Å²) in [6.07, 6.45) is 0. The topological polar surface area (TPSA) is 57.4 Å². The molecule has 106 valence electrons. The molecule has 0 fully saturated rings. The number of rotatable bonds is 5. The number of hydrogen-bond donors (Lipinski definition) is 1. The maximum Gasteiger partial charge on any atom is 0.213 e. The summed E-state index contributed by atoms with van der Waals surface area (Å²) in [5.41, 5.74) is 7.30. The average Bonchev–Trinajstić information content (AvgIpc) is 2.45. The summed E-state index contributed by atoms with van der Waals surface area (Å²) in [4.78, 5) is 4.23. The molecule has 1 unspecified atom stereocenters. The predicted molar refractivity (Wildman–Crippen MR) is 74.1 cm³/mol. The van der Waals surface area contributed by atoms with Crippen molar-refractivity contribution in [2.24, 2.45) is 5.73 Å². The van der Waals surface area contributed by atoms with Crippen LogP contribution in [-0.4, -0.2) is 12.1 Å². The van der Waals surface area contributed by atoms with Crippen molar-refractivity contribution in [3.8, 4) is 11.6 Å². The van der Waals surface area contributed by atoms with Gasteiger partial charge in [-0.05, 0) is 19.1 Å². The van der Waals surface area contributed by atoms with Gasteiger partial charge in [0.25, 0.3) is 0 Å². The molecule has 20 heavy (non-hydrogen) atoms. The van der Waals surface area contributed by atoms with Crippen LogP contribution in [0, 0.1) is 5.82 Å². The quantitative estimate of drug-likeness (QED) is 0.912. The van der Waals surface area contributed by atoms with Crippen molar-refractivity contribution in [2.75, 3.05) is 7.11 Å². The van der Waals surface area contributed by atoms with E-state index in [1.165, 1.54) is 12.1 Å². The highest BCUT2D eigenvalue weighted by atomic mass is 19.1. The third-order valence-corrected chi connectivity index (χ3v) is 2.83. The van der Waals surface area contributed by atoms with Crippen molar-refractivity contribution < 1.29 is 13.9 Å². The van der Waals surface area contributed by atoms with Crippen LogP contribution in [0.25, 0.3) is 0 Å². The maximum atomic E-state index is 13.3. The Kier molecular flexibility index (Phi) is 4.53. The minimum absolute atomic E-state index is 0.223. The first-order valence-electron chi connectivity index (χ1n) is 6.28. The molecule has 4 nitrogen and oxygen atoms in total. The van der Waals surface area contributed by atoms with Crippen LogP contribution in [0.5, 0.6) is 11.6 Å². The largest absolute Gasteiger partial charge is 0.487 e. The van der Waals surface area contributed by atoms with Gasteiger partial charge >= 0.3 is 0 Å². The number of halogens is 1. The van der Waals surface area contributed by atoms with Gasteiger partial charge in [-0.15, -0.1) is 0 Å². The molecule has 5 heteroatoms. The predicted octanol–water partition coefficient (Wildman–Crippen LogP) is 2.83. The first-order valence-corrected chi connectivity index (χ1v) is 6.28. The molecule has 1 aromatic heterocycles. The lowest BCUT2D eigenvalue weighted by molar-refractivity contribution is 0.292. The van der Waals surface area contributed by atoms with Crippen LogP contribution < -0.4 is 15.2 Å². The van der Waals surface area contributed by atoms with Crippen molar-refractivity contribution in [3.63, 3.8) is 0 Å². The molecule has 2 rings (SSSR count). The van der Waals surface area contributed by atoms with Gasteiger partial charge in [0, 0.05) is 23.7 Å². The fourth-order valence-corrected chi connectivity index (χ4v) is 1.81. The van der Waals surface area contributed by atoms with E-state index in [4.69, 9.17) is 15.2 Å². The lowest BCUT2D eigenvalue weighted by Gasteiger charge is -2.14. The van der Waals surface area contributed by atoms with Crippen LogP contribution in [0.15, 0.2) is 36.4 Å². The van der Waals surface area contributed by atoms with Gasteiger partial charge in [0.15, 0.2) is 0 Å². The van der Waals surface area contributed by atoms with E-state index in [2.05, 4.69) is 4.98 Å². The Morgan fingerprint density at radius 1 is 1.30 bits per heavy atom. The summed E-state index contributed by atoms with van der Waals surface area (Å²) < 4.78 is 24.0. The number of ether oxygens (including phenoxy) is 2. The van der Waals surface area contributed by atoms with Crippen LogP contribution in [0.1, 0.15) is 24.2 Å². The van der Waals surface area contributed by atoms with Crippen LogP contribution >= 0.6 is 0 Å². The van der Waals surface area contributed by atoms with Gasteiger partial charge in [0.1, 0.15) is 18.2 Å². The zero-order valence-electron chi connectivity index (χ0n) is 11.5. The Balaban J connectivity index is 2.15. The van der Waals surface area contributed by atoms with Gasteiger partial charge in [-0.2, -0.15) is 0 Å². The minimum atomic E-state index is -0.358. The van der Waals surface area contributed by atoms with Crippen molar-refractivity contribution in [2.45, 2.75) is 19.6 Å². The fourth-order valence-electron chi connectivity index (χ4n) is 1.81. The molecule has 0 saturated carbocycles. The number of nitrogens with two attached hydrogens (primary N) is 1. The minimum Gasteiger partial charge on any atom is -0.487 e. The number of hydrogen-bond acceptors (Lipinski definition) is 4. The molecular formula is C15H17FN2O2. The molecule has 0 saturated heterocycles. The van der Waals surface area contributed by atoms with E-state index in [-0.39, 0.29) is 18.5 Å². The summed E-state index contributed by atoms with van der Waals surface area (Å²) in [6.45, 7) is 2.05. The standard InChI is InChI=1S/C15H17FN2O2/c1-10(17)13-7-6-11(16)8-14(13)20-9-12-4-3-5-15(18-12)19-2/h3-8,10H,9,17H2,1-2H3. The summed E-state index contributed by atoms with van der Waals surface area (Å²) in [7, 11) is 1.55. The Bertz CT molecular complexity index is 588. The Hall–Kier alpha value is -2.14. The van der Waals surface area contributed by atoms with Gasteiger partial charge in [-0.3, -0.25) is 0 Å². The van der Waals surface area contributed by atoms with Crippen molar-refractivity contribution in [1.82, 2.24) is 4.98 Å². The molecule has 0 aliphatic rings. The lowest BCUT2D eigenvalue weighted by Crippen LogP contribution is -2.09. The first-order chi connectivity index (χ1) is 9.60. The molecule has 1 aromatic carbocycles. The number of methoxy groups -OCH3 is 1. The number of nitrogens with zero attached hydrogens (tertiary/aromatic N) is 1. The third kappa shape index (κ3) is 3.45. The van der Waals surface area contributed by atoms with Gasteiger partial charge in [-0.25, -0.2) is 9.37 Å². The monoisotopic (exact) mass is 276 g/mol. The van der Waals surface area contributed by atoms with Crippen LogP contribution in [0.3, 0.4) is 0 Å². The number of pyridine rings is 1. The Morgan fingerprint density at radius 2 is 2.10 bits per heavy atom. The summed E-state index contributed by atoms with van der Waals surface area (Å²) in [6, 6.07) is 9.49. The normalized spacial score (nSPS) is 12.0. The highest BCUT2D eigenvalue weighted by Crippen LogP contribution is 2.25. The van der Waals surface area contributed by atoms with Gasteiger partial charge in [0.05, 0.1) is 12.8 Å². The van der Waals surface area contributed by atoms with E-state index in [0.29, 0.717) is 17.3 Å². The van der Waals surface area contributed by atoms with E-state index in [9.17, 15) is 4.39 Å². The molecule has 0 aliphatic carbocycles. The SMILES string of the molecule is COc1cccc(COc2cc(F)ccc2C(C)N)n1. The molecule has 2 aromatic rings. The second kappa shape index (κ2) is 6.34. The van der Waals surface area contributed by atoms with E-state index in [0.717, 1.165) is 5.56 Å². The third-order valence-electron chi connectivity index (χ3n) is 2.83. The lowest BCUT2D eigenvalue weighted by atomic mass is 10.1. The smallest absolute Gasteiger partial charge is 0.213 e. The molecular weight excluding hydrogens is 259 g/mol. The highest BCUT2D eigenvalue weighted by Gasteiger charge is 2.10. The molecule has 0 radical (unpaired) electrons. The van der Waals surface area contributed by atoms with Crippen molar-refractivity contribution >= 4 is 0 Å². The molecule has 1 atom stereocenters. The molecule has 0 amide bonds. The van der Waals surface area contributed by atoms with E-state index in [1.807, 2.05) is 19.1 Å². The summed E-state index contributed by atoms with van der Waals surface area (Å²) >= 11 is 0. The van der Waals surface area contributed by atoms with Crippen LogP contribution in [0.2, 0.25) is 0 Å². The van der Waals surface area contributed by atoms with E-state index >= 15 is 0 Å². The molecule has 1 heterocycles. The molecule has 0 bridgehead atoms. The summed E-state index contributed by atoms with van der Waals surface area (Å²) in [5, 5.41) is 0. The summed E-state index contributed by atoms with van der Waals surface area (Å²) in [5.74, 6) is 0.588. The van der Waals surface area contributed by atoms with Crippen LogP contribution in [0.4, 0.5) is 4.39 Å². The van der Waals surface area contributed by atoms with Gasteiger partial charge < -0.3 is 15.2 Å². The van der Waals surface area contributed by atoms with E-state index in [1.54, 1.807) is 19.2 Å². The molecule has 0 spiro atoms. The number of aromatic nitrogens is 1. The highest BCUT2D eigenvalue weighted by molar-refractivity contribution is 5.36.